The molecule has 3 aromatic rings. The van der Waals surface area contributed by atoms with Crippen molar-refractivity contribution < 1.29 is 9.47 Å². The number of hydrogen-bond donors (Lipinski definition) is 1. The zero-order valence-corrected chi connectivity index (χ0v) is 14.0. The van der Waals surface area contributed by atoms with Crippen molar-refractivity contribution in [3.8, 4) is 11.5 Å². The molecule has 0 bridgehead atoms. The van der Waals surface area contributed by atoms with Crippen LogP contribution in [0.2, 0.25) is 5.15 Å². The molecule has 1 aliphatic heterocycles. The van der Waals surface area contributed by atoms with Crippen molar-refractivity contribution >= 4 is 51.2 Å². The lowest BCUT2D eigenvalue weighted by molar-refractivity contribution is 0.174. The standard InChI is InChI=1S/C13H9ClIN5O2/c14-11-7-3-17-20(12(7)19-13(16)18-11)4-6-1-9-10(2-8(6)15)22-5-21-9/h1-3H,4-5H2,(H2,16,18,19). The van der Waals surface area contributed by atoms with Crippen molar-refractivity contribution in [2.75, 3.05) is 12.5 Å². The molecule has 3 heterocycles. The smallest absolute Gasteiger partial charge is 0.231 e. The molecular formula is C13H9ClIN5O2. The van der Waals surface area contributed by atoms with E-state index in [0.29, 0.717) is 22.7 Å². The Bertz CT molecular complexity index is 898. The molecule has 22 heavy (non-hydrogen) atoms. The van der Waals surface area contributed by atoms with Gasteiger partial charge in [0.05, 0.1) is 18.1 Å². The Kier molecular flexibility index (Phi) is 3.22. The monoisotopic (exact) mass is 429 g/mol. The van der Waals surface area contributed by atoms with Crippen LogP contribution in [0.15, 0.2) is 18.3 Å². The molecule has 0 saturated heterocycles. The average Bonchev–Trinajstić information content (AvgIpc) is 3.06. The van der Waals surface area contributed by atoms with E-state index in [2.05, 4.69) is 37.7 Å². The first kappa shape index (κ1) is 13.8. The molecule has 0 spiro atoms. The van der Waals surface area contributed by atoms with Gasteiger partial charge in [0.1, 0.15) is 5.15 Å². The molecular weight excluding hydrogens is 421 g/mol. The molecule has 0 fully saturated rings. The van der Waals surface area contributed by atoms with Crippen molar-refractivity contribution in [3.63, 3.8) is 0 Å². The summed E-state index contributed by atoms with van der Waals surface area (Å²) < 4.78 is 13.6. The second kappa shape index (κ2) is 5.13. The molecule has 0 aliphatic carbocycles. The van der Waals surface area contributed by atoms with E-state index in [1.165, 1.54) is 0 Å². The summed E-state index contributed by atoms with van der Waals surface area (Å²) in [5.74, 6) is 1.62. The molecule has 0 saturated carbocycles. The van der Waals surface area contributed by atoms with Gasteiger partial charge in [-0.05, 0) is 40.3 Å². The van der Waals surface area contributed by atoms with Gasteiger partial charge in [-0.2, -0.15) is 10.1 Å². The van der Waals surface area contributed by atoms with Gasteiger partial charge in [-0.3, -0.25) is 0 Å². The third-order valence-corrected chi connectivity index (χ3v) is 4.62. The molecule has 7 nitrogen and oxygen atoms in total. The van der Waals surface area contributed by atoms with Gasteiger partial charge < -0.3 is 15.2 Å². The van der Waals surface area contributed by atoms with Crippen LogP contribution >= 0.6 is 34.2 Å². The number of halogens is 2. The fourth-order valence-corrected chi connectivity index (χ4v) is 3.12. The Balaban J connectivity index is 1.78. The van der Waals surface area contributed by atoms with Crippen LogP contribution in [0.5, 0.6) is 11.5 Å². The van der Waals surface area contributed by atoms with Gasteiger partial charge >= 0.3 is 0 Å². The minimum Gasteiger partial charge on any atom is -0.454 e. The van der Waals surface area contributed by atoms with Crippen LogP contribution in [0.4, 0.5) is 5.95 Å². The summed E-state index contributed by atoms with van der Waals surface area (Å²) in [4.78, 5) is 8.15. The fourth-order valence-electron chi connectivity index (χ4n) is 2.29. The molecule has 2 N–H and O–H groups in total. The highest BCUT2D eigenvalue weighted by molar-refractivity contribution is 14.1. The van der Waals surface area contributed by atoms with Gasteiger partial charge in [0.15, 0.2) is 17.1 Å². The number of rotatable bonds is 2. The lowest BCUT2D eigenvalue weighted by atomic mass is 10.2. The first-order valence-electron chi connectivity index (χ1n) is 6.34. The van der Waals surface area contributed by atoms with Crippen molar-refractivity contribution in [2.24, 2.45) is 0 Å². The van der Waals surface area contributed by atoms with Gasteiger partial charge in [0, 0.05) is 3.57 Å². The maximum atomic E-state index is 6.06. The molecule has 0 unspecified atom stereocenters. The van der Waals surface area contributed by atoms with Crippen molar-refractivity contribution in [2.45, 2.75) is 6.54 Å². The van der Waals surface area contributed by atoms with Crippen LogP contribution in [0.25, 0.3) is 11.0 Å². The van der Waals surface area contributed by atoms with E-state index < -0.39 is 0 Å². The molecule has 9 heteroatoms. The molecule has 112 valence electrons. The van der Waals surface area contributed by atoms with Crippen molar-refractivity contribution in [1.82, 2.24) is 19.7 Å². The van der Waals surface area contributed by atoms with Crippen LogP contribution in [-0.2, 0) is 6.54 Å². The van der Waals surface area contributed by atoms with Gasteiger partial charge in [0.2, 0.25) is 12.7 Å². The minimum atomic E-state index is 0.125. The SMILES string of the molecule is Nc1nc(Cl)c2cnn(Cc3cc4c(cc3I)OCO4)c2n1. The van der Waals surface area contributed by atoms with Gasteiger partial charge in [0.25, 0.3) is 0 Å². The number of nitrogens with two attached hydrogens (primary N) is 1. The summed E-state index contributed by atoms with van der Waals surface area (Å²) in [6.07, 6.45) is 1.64. The third-order valence-electron chi connectivity index (χ3n) is 3.33. The highest BCUT2D eigenvalue weighted by Crippen LogP contribution is 2.35. The van der Waals surface area contributed by atoms with E-state index in [4.69, 9.17) is 26.8 Å². The van der Waals surface area contributed by atoms with E-state index in [0.717, 1.165) is 20.6 Å². The third kappa shape index (κ3) is 2.22. The van der Waals surface area contributed by atoms with E-state index in [9.17, 15) is 0 Å². The highest BCUT2D eigenvalue weighted by Gasteiger charge is 2.18. The number of aromatic nitrogens is 4. The number of anilines is 1. The van der Waals surface area contributed by atoms with Gasteiger partial charge in [-0.25, -0.2) is 9.67 Å². The molecule has 4 rings (SSSR count). The largest absolute Gasteiger partial charge is 0.454 e. The second-order valence-electron chi connectivity index (χ2n) is 4.71. The van der Waals surface area contributed by atoms with Gasteiger partial charge in [-0.1, -0.05) is 11.6 Å². The predicted molar refractivity (Wildman–Crippen MR) is 89.1 cm³/mol. The maximum Gasteiger partial charge on any atom is 0.231 e. The second-order valence-corrected chi connectivity index (χ2v) is 6.23. The molecule has 0 amide bonds. The molecule has 0 radical (unpaired) electrons. The highest BCUT2D eigenvalue weighted by atomic mass is 127. The number of nitrogen functional groups attached to an aromatic ring is 1. The summed E-state index contributed by atoms with van der Waals surface area (Å²) in [6, 6.07) is 3.89. The number of nitrogens with zero attached hydrogens (tertiary/aromatic N) is 4. The lowest BCUT2D eigenvalue weighted by Crippen LogP contribution is -2.06. The zero-order chi connectivity index (χ0) is 15.3. The first-order chi connectivity index (χ1) is 10.6. The molecule has 1 aliphatic rings. The van der Waals surface area contributed by atoms with Crippen LogP contribution in [0.3, 0.4) is 0 Å². The summed E-state index contributed by atoms with van der Waals surface area (Å²) >= 11 is 8.32. The van der Waals surface area contributed by atoms with E-state index in [1.54, 1.807) is 10.9 Å². The Morgan fingerprint density at radius 3 is 2.86 bits per heavy atom. The van der Waals surface area contributed by atoms with Crippen LogP contribution in [0.1, 0.15) is 5.56 Å². The number of hydrogen-bond acceptors (Lipinski definition) is 6. The Morgan fingerprint density at radius 2 is 2.05 bits per heavy atom. The molecule has 0 atom stereocenters. The maximum absolute atomic E-state index is 6.06. The normalized spacial score (nSPS) is 13.0. The Labute approximate surface area is 143 Å². The summed E-state index contributed by atoms with van der Waals surface area (Å²) in [5.41, 5.74) is 7.31. The van der Waals surface area contributed by atoms with Gasteiger partial charge in [-0.15, -0.1) is 0 Å². The Morgan fingerprint density at radius 1 is 1.27 bits per heavy atom. The zero-order valence-electron chi connectivity index (χ0n) is 11.1. The van der Waals surface area contributed by atoms with Crippen molar-refractivity contribution in [3.05, 3.63) is 32.6 Å². The number of ether oxygens (including phenoxy) is 2. The van der Waals surface area contributed by atoms with Crippen LogP contribution < -0.4 is 15.2 Å². The number of fused-ring (bicyclic) bond motifs is 2. The number of benzene rings is 1. The summed E-state index contributed by atoms with van der Waals surface area (Å²) in [7, 11) is 0. The van der Waals surface area contributed by atoms with Crippen LogP contribution in [0, 0.1) is 3.57 Å². The first-order valence-corrected chi connectivity index (χ1v) is 7.80. The minimum absolute atomic E-state index is 0.125. The van der Waals surface area contributed by atoms with E-state index in [-0.39, 0.29) is 12.7 Å². The van der Waals surface area contributed by atoms with E-state index >= 15 is 0 Å². The lowest BCUT2D eigenvalue weighted by Gasteiger charge is -2.08. The predicted octanol–water partition coefficient (Wildman–Crippen LogP) is 2.44. The quantitative estimate of drug-likeness (QED) is 0.497. The fraction of sp³-hybridized carbons (Fsp3) is 0.154. The van der Waals surface area contributed by atoms with Crippen molar-refractivity contribution in [1.29, 1.82) is 0 Å². The van der Waals surface area contributed by atoms with Crippen LogP contribution in [-0.4, -0.2) is 26.5 Å². The molecule has 2 aromatic heterocycles. The molecule has 1 aromatic carbocycles. The average molecular weight is 430 g/mol. The summed E-state index contributed by atoms with van der Waals surface area (Å²) in [6.45, 7) is 0.768. The topological polar surface area (TPSA) is 88.1 Å². The Hall–Kier alpha value is -1.81. The van der Waals surface area contributed by atoms with E-state index in [1.807, 2.05) is 12.1 Å². The summed E-state index contributed by atoms with van der Waals surface area (Å²) in [5, 5.41) is 5.30.